The van der Waals surface area contributed by atoms with Crippen molar-refractivity contribution in [2.75, 3.05) is 0 Å². The molecule has 0 atom stereocenters. The molecular weight excluding hydrogens is 244 g/mol. The number of imide groups is 1. The number of aromatic nitrogens is 1. The van der Waals surface area contributed by atoms with Gasteiger partial charge >= 0.3 is 0 Å². The predicted octanol–water partition coefficient (Wildman–Crippen LogP) is 1.17. The summed E-state index contributed by atoms with van der Waals surface area (Å²) in [7, 11) is 0. The lowest BCUT2D eigenvalue weighted by molar-refractivity contribution is 0.0627. The van der Waals surface area contributed by atoms with Gasteiger partial charge in [0.25, 0.3) is 11.8 Å². The fraction of sp³-hybridized carbons (Fsp3) is 0.0714. The third-order valence-electron chi connectivity index (χ3n) is 3.07. The maximum Gasteiger partial charge on any atom is 0.277 e. The minimum Gasteiger partial charge on any atom is -0.357 e. The van der Waals surface area contributed by atoms with Gasteiger partial charge in [0.2, 0.25) is 0 Å². The second-order valence-corrected chi connectivity index (χ2v) is 4.29. The van der Waals surface area contributed by atoms with Crippen molar-refractivity contribution in [1.29, 1.82) is 0 Å². The first-order valence-corrected chi connectivity index (χ1v) is 5.79. The van der Waals surface area contributed by atoms with Gasteiger partial charge in [0.15, 0.2) is 5.43 Å². The highest BCUT2D eigenvalue weighted by molar-refractivity contribution is 6.12. The Morgan fingerprint density at radius 2 is 1.95 bits per heavy atom. The number of rotatable bonds is 1. The molecule has 0 saturated carbocycles. The molecule has 0 aliphatic carbocycles. The minimum atomic E-state index is -0.487. The Morgan fingerprint density at radius 1 is 1.16 bits per heavy atom. The van der Waals surface area contributed by atoms with E-state index in [2.05, 4.69) is 4.98 Å². The van der Waals surface area contributed by atoms with Gasteiger partial charge in [-0.25, -0.2) is 0 Å². The van der Waals surface area contributed by atoms with Crippen LogP contribution in [0.25, 0.3) is 0 Å². The molecule has 19 heavy (non-hydrogen) atoms. The average molecular weight is 254 g/mol. The van der Waals surface area contributed by atoms with Gasteiger partial charge in [-0.1, -0.05) is 18.2 Å². The fourth-order valence-electron chi connectivity index (χ4n) is 2.13. The Kier molecular flexibility index (Phi) is 2.52. The largest absolute Gasteiger partial charge is 0.357 e. The molecule has 1 aromatic heterocycles. The van der Waals surface area contributed by atoms with E-state index < -0.39 is 5.91 Å². The number of fused-ring (bicyclic) bond motifs is 1. The van der Waals surface area contributed by atoms with Crippen LogP contribution in [-0.4, -0.2) is 21.7 Å². The molecule has 0 saturated heterocycles. The molecule has 0 spiro atoms. The van der Waals surface area contributed by atoms with Crippen LogP contribution < -0.4 is 5.43 Å². The highest BCUT2D eigenvalue weighted by atomic mass is 16.2. The highest BCUT2D eigenvalue weighted by Crippen LogP contribution is 2.23. The van der Waals surface area contributed by atoms with Crippen molar-refractivity contribution in [3.8, 4) is 0 Å². The van der Waals surface area contributed by atoms with Crippen LogP contribution in [0.3, 0.4) is 0 Å². The molecule has 1 aliphatic heterocycles. The van der Waals surface area contributed by atoms with Gasteiger partial charge in [-0.15, -0.1) is 0 Å². The minimum absolute atomic E-state index is 0.119. The van der Waals surface area contributed by atoms with Gasteiger partial charge in [0.05, 0.1) is 6.54 Å². The number of amides is 2. The summed E-state index contributed by atoms with van der Waals surface area (Å²) in [5.74, 6) is -0.816. The van der Waals surface area contributed by atoms with Crippen LogP contribution in [-0.2, 0) is 6.54 Å². The first kappa shape index (κ1) is 11.4. The van der Waals surface area contributed by atoms with E-state index in [-0.39, 0.29) is 23.6 Å². The van der Waals surface area contributed by atoms with Crippen molar-refractivity contribution in [3.05, 3.63) is 69.6 Å². The Bertz CT molecular complexity index is 733. The highest BCUT2D eigenvalue weighted by Gasteiger charge is 2.32. The number of H-pyrrole nitrogens is 1. The Morgan fingerprint density at radius 3 is 2.68 bits per heavy atom. The normalized spacial score (nSPS) is 13.5. The lowest BCUT2D eigenvalue weighted by atomic mass is 10.1. The number of pyridine rings is 1. The zero-order valence-corrected chi connectivity index (χ0v) is 9.92. The van der Waals surface area contributed by atoms with Crippen molar-refractivity contribution >= 4 is 11.8 Å². The van der Waals surface area contributed by atoms with E-state index in [1.807, 2.05) is 12.1 Å². The second-order valence-electron chi connectivity index (χ2n) is 4.29. The summed E-state index contributed by atoms with van der Waals surface area (Å²) in [4.78, 5) is 39.4. The Balaban J connectivity index is 1.96. The van der Waals surface area contributed by atoms with E-state index in [9.17, 15) is 14.4 Å². The van der Waals surface area contributed by atoms with Crippen LogP contribution in [0.5, 0.6) is 0 Å². The van der Waals surface area contributed by atoms with Crippen LogP contribution >= 0.6 is 0 Å². The molecule has 5 nitrogen and oxygen atoms in total. The summed E-state index contributed by atoms with van der Waals surface area (Å²) in [5, 5.41) is 0. The summed E-state index contributed by atoms with van der Waals surface area (Å²) in [6, 6.07) is 9.60. The number of hydrogen-bond acceptors (Lipinski definition) is 3. The van der Waals surface area contributed by atoms with Gasteiger partial charge in [-0.05, 0) is 11.6 Å². The van der Waals surface area contributed by atoms with E-state index in [1.165, 1.54) is 18.3 Å². The summed E-state index contributed by atoms with van der Waals surface area (Å²) in [6.45, 7) is 0.241. The zero-order valence-electron chi connectivity index (χ0n) is 9.92. The fourth-order valence-corrected chi connectivity index (χ4v) is 2.13. The van der Waals surface area contributed by atoms with Gasteiger partial charge in [0.1, 0.15) is 5.69 Å². The van der Waals surface area contributed by atoms with E-state index >= 15 is 0 Å². The van der Waals surface area contributed by atoms with Crippen molar-refractivity contribution in [2.24, 2.45) is 0 Å². The number of benzene rings is 1. The van der Waals surface area contributed by atoms with Gasteiger partial charge in [-0.2, -0.15) is 0 Å². The van der Waals surface area contributed by atoms with Crippen LogP contribution in [0, 0.1) is 0 Å². The molecule has 3 rings (SSSR count). The van der Waals surface area contributed by atoms with Crippen molar-refractivity contribution < 1.29 is 9.59 Å². The average Bonchev–Trinajstić information content (AvgIpc) is 2.76. The molecule has 2 aromatic rings. The molecule has 2 heterocycles. The number of carbonyl (C=O) groups is 2. The molecule has 0 fully saturated rings. The molecule has 1 aromatic carbocycles. The SMILES string of the molecule is O=C(c1cc(=O)cc[nH]1)N1Cc2ccccc2C1=O. The van der Waals surface area contributed by atoms with Crippen LogP contribution in [0.4, 0.5) is 0 Å². The monoisotopic (exact) mass is 254 g/mol. The maximum atomic E-state index is 12.2. The summed E-state index contributed by atoms with van der Waals surface area (Å²) >= 11 is 0. The lowest BCUT2D eigenvalue weighted by Crippen LogP contribution is -2.32. The third kappa shape index (κ3) is 1.85. The molecule has 0 unspecified atom stereocenters. The molecule has 1 aliphatic rings. The third-order valence-corrected chi connectivity index (χ3v) is 3.07. The number of nitrogens with one attached hydrogen (secondary N) is 1. The topological polar surface area (TPSA) is 70.2 Å². The van der Waals surface area contributed by atoms with Crippen LogP contribution in [0.15, 0.2) is 47.4 Å². The lowest BCUT2D eigenvalue weighted by Gasteiger charge is -2.12. The standard InChI is InChI=1S/C14H10N2O3/c17-10-5-6-15-12(7-10)14(19)16-8-9-3-1-2-4-11(9)13(16)18/h1-7H,8H2,(H,15,17). The summed E-state index contributed by atoms with van der Waals surface area (Å²) in [6.07, 6.45) is 1.39. The van der Waals surface area contributed by atoms with E-state index in [0.717, 1.165) is 10.5 Å². The predicted molar refractivity (Wildman–Crippen MR) is 67.7 cm³/mol. The number of hydrogen-bond donors (Lipinski definition) is 1. The van der Waals surface area contributed by atoms with E-state index in [1.54, 1.807) is 12.1 Å². The van der Waals surface area contributed by atoms with Crippen molar-refractivity contribution in [2.45, 2.75) is 6.54 Å². The summed E-state index contributed by atoms with van der Waals surface area (Å²) in [5.41, 5.74) is 1.20. The van der Waals surface area contributed by atoms with Crippen molar-refractivity contribution in [3.63, 3.8) is 0 Å². The molecular formula is C14H10N2O3. The van der Waals surface area contributed by atoms with Crippen LogP contribution in [0.1, 0.15) is 26.4 Å². The van der Waals surface area contributed by atoms with E-state index in [4.69, 9.17) is 0 Å². The van der Waals surface area contributed by atoms with Gasteiger partial charge in [-0.3, -0.25) is 19.3 Å². The first-order chi connectivity index (χ1) is 9.16. The number of nitrogens with zero attached hydrogens (tertiary/aromatic N) is 1. The van der Waals surface area contributed by atoms with Gasteiger partial charge < -0.3 is 4.98 Å². The Labute approximate surface area is 108 Å². The smallest absolute Gasteiger partial charge is 0.277 e. The molecule has 0 bridgehead atoms. The molecule has 94 valence electrons. The van der Waals surface area contributed by atoms with Crippen molar-refractivity contribution in [1.82, 2.24) is 9.88 Å². The first-order valence-electron chi connectivity index (χ1n) is 5.79. The van der Waals surface area contributed by atoms with Crippen LogP contribution in [0.2, 0.25) is 0 Å². The molecule has 2 amide bonds. The number of aromatic amines is 1. The second kappa shape index (κ2) is 4.20. The Hall–Kier alpha value is -2.69. The zero-order chi connectivity index (χ0) is 13.4. The number of carbonyl (C=O) groups excluding carboxylic acids is 2. The molecule has 5 heteroatoms. The molecule has 0 radical (unpaired) electrons. The molecule has 1 N–H and O–H groups in total. The van der Waals surface area contributed by atoms with E-state index in [0.29, 0.717) is 5.56 Å². The summed E-state index contributed by atoms with van der Waals surface area (Å²) < 4.78 is 0. The van der Waals surface area contributed by atoms with Gasteiger partial charge in [0, 0.05) is 23.9 Å². The maximum absolute atomic E-state index is 12.2. The quantitative estimate of drug-likeness (QED) is 0.776.